The molecule has 0 aliphatic carbocycles. The van der Waals surface area contributed by atoms with Crippen LogP contribution in [0.25, 0.3) is 254 Å². The Hall–Kier alpha value is -19.1. The molecule has 0 saturated heterocycles. The Balaban J connectivity index is 0.000000108. The van der Waals surface area contributed by atoms with Crippen molar-refractivity contribution in [3.63, 3.8) is 0 Å². The topological polar surface area (TPSA) is 29.6 Å². The summed E-state index contributed by atoms with van der Waals surface area (Å²) in [4.78, 5) is 0. The summed E-state index contributed by atoms with van der Waals surface area (Å²) in [6.45, 7) is 0. The maximum absolute atomic E-state index is 2.41. The van der Waals surface area contributed by atoms with Crippen LogP contribution in [0, 0.1) is 0 Å². The zero-order valence-corrected chi connectivity index (χ0v) is 78.8. The van der Waals surface area contributed by atoms with Crippen LogP contribution in [0.15, 0.2) is 558 Å². The first kappa shape index (κ1) is 84.2. The first-order chi connectivity index (χ1) is 71.5. The number of hydrogen-bond donors (Lipinski definition) is 0. The Morgan fingerprint density at radius 3 is 0.514 bits per heavy atom. The van der Waals surface area contributed by atoms with Crippen LogP contribution in [-0.2, 0) is 0 Å². The third kappa shape index (κ3) is 14.7. The van der Waals surface area contributed by atoms with E-state index in [1.54, 1.807) is 0 Å². The van der Waals surface area contributed by atoms with Gasteiger partial charge in [-0.15, -0.1) is 0 Å². The summed E-state index contributed by atoms with van der Waals surface area (Å²) in [7, 11) is 0. The van der Waals surface area contributed by atoms with Crippen LogP contribution in [0.3, 0.4) is 0 Å². The highest BCUT2D eigenvalue weighted by Crippen LogP contribution is 2.46. The molecule has 674 valence electrons. The van der Waals surface area contributed by atoms with Crippen LogP contribution >= 0.6 is 0 Å². The van der Waals surface area contributed by atoms with Gasteiger partial charge in [0.2, 0.25) is 0 Å². The van der Waals surface area contributed by atoms with Gasteiger partial charge < -0.3 is 27.4 Å². The van der Waals surface area contributed by atoms with Gasteiger partial charge in [0.25, 0.3) is 0 Å². The number of benzene rings is 23. The number of para-hydroxylation sites is 9. The van der Waals surface area contributed by atoms with Crippen molar-refractivity contribution in [3.05, 3.63) is 558 Å². The van der Waals surface area contributed by atoms with Crippen molar-refractivity contribution >= 4 is 131 Å². The molecule has 0 amide bonds. The smallest absolute Gasteiger partial charge is 0.0542 e. The predicted octanol–water partition coefficient (Wildman–Crippen LogP) is 37.0. The summed E-state index contributed by atoms with van der Waals surface area (Å²) in [5.41, 5.74) is 41.0. The number of rotatable bonds is 14. The van der Waals surface area contributed by atoms with Crippen LogP contribution in [0.4, 0.5) is 0 Å². The first-order valence-corrected chi connectivity index (χ1v) is 49.5. The zero-order valence-electron chi connectivity index (χ0n) is 78.8. The summed E-state index contributed by atoms with van der Waals surface area (Å²) in [6, 6.07) is 202. The van der Waals surface area contributed by atoms with Gasteiger partial charge in [0.1, 0.15) is 0 Å². The Morgan fingerprint density at radius 2 is 0.250 bits per heavy atom. The summed E-state index contributed by atoms with van der Waals surface area (Å²) in [5, 5.41) is 15.1. The van der Waals surface area contributed by atoms with Crippen molar-refractivity contribution < 1.29 is 0 Å². The van der Waals surface area contributed by atoms with Gasteiger partial charge in [0, 0.05) is 98.8 Å². The van der Waals surface area contributed by atoms with Crippen LogP contribution in [0.5, 0.6) is 0 Å². The van der Waals surface area contributed by atoms with Crippen molar-refractivity contribution in [2.45, 2.75) is 0 Å². The van der Waals surface area contributed by atoms with Gasteiger partial charge in [-0.3, -0.25) is 0 Å². The van der Waals surface area contributed by atoms with E-state index < -0.39 is 0 Å². The molecule has 0 spiro atoms. The quantitative estimate of drug-likeness (QED) is 0.104. The molecule has 0 bridgehead atoms. The summed E-state index contributed by atoms with van der Waals surface area (Å²) < 4.78 is 14.4. The molecule has 6 heterocycles. The lowest BCUT2D eigenvalue weighted by Crippen LogP contribution is -1.96. The molecule has 6 aromatic heterocycles. The minimum atomic E-state index is 1.14. The number of nitrogens with zero attached hydrogens (tertiary/aromatic N) is 6. The van der Waals surface area contributed by atoms with Gasteiger partial charge in [-0.2, -0.15) is 0 Å². The second-order valence-electron chi connectivity index (χ2n) is 37.3. The Morgan fingerprint density at radius 1 is 0.0833 bits per heavy atom. The molecule has 0 aliphatic rings. The molecule has 0 radical (unpaired) electrons. The maximum atomic E-state index is 2.41. The van der Waals surface area contributed by atoms with E-state index in [9.17, 15) is 0 Å². The lowest BCUT2D eigenvalue weighted by molar-refractivity contribution is 1.17. The van der Waals surface area contributed by atoms with E-state index in [2.05, 4.69) is 586 Å². The summed E-state index contributed by atoms with van der Waals surface area (Å²) >= 11 is 0. The fourth-order valence-electron chi connectivity index (χ4n) is 22.6. The molecular weight excluding hydrogens is 1740 g/mol. The molecule has 0 fully saturated rings. The maximum Gasteiger partial charge on any atom is 0.0542 e. The average molecular weight is 1830 g/mol. The third-order valence-electron chi connectivity index (χ3n) is 29.2. The highest BCUT2D eigenvalue weighted by molar-refractivity contribution is 6.17. The summed E-state index contributed by atoms with van der Waals surface area (Å²) in [6.07, 6.45) is 0. The van der Waals surface area contributed by atoms with E-state index in [0.717, 1.165) is 17.1 Å². The van der Waals surface area contributed by atoms with Crippen molar-refractivity contribution in [1.82, 2.24) is 27.4 Å². The van der Waals surface area contributed by atoms with Crippen LogP contribution in [0.2, 0.25) is 0 Å². The Labute approximate surface area is 833 Å². The van der Waals surface area contributed by atoms with E-state index in [4.69, 9.17) is 0 Å². The lowest BCUT2D eigenvalue weighted by atomic mass is 9.91. The average Bonchev–Trinajstić information content (AvgIpc) is 1.58. The normalized spacial score (nSPS) is 11.6. The van der Waals surface area contributed by atoms with Gasteiger partial charge in [-0.05, 0) is 253 Å². The van der Waals surface area contributed by atoms with E-state index >= 15 is 0 Å². The molecule has 0 aliphatic heterocycles. The molecule has 29 aromatic rings. The predicted molar refractivity (Wildman–Crippen MR) is 609 cm³/mol. The second kappa shape index (κ2) is 35.7. The third-order valence-corrected chi connectivity index (χ3v) is 29.2. The molecule has 0 saturated carbocycles. The van der Waals surface area contributed by atoms with Crippen LogP contribution < -0.4 is 0 Å². The van der Waals surface area contributed by atoms with E-state index in [1.807, 2.05) is 0 Å². The number of hydrogen-bond acceptors (Lipinski definition) is 0. The summed E-state index contributed by atoms with van der Waals surface area (Å²) in [5.74, 6) is 0. The molecule has 144 heavy (non-hydrogen) atoms. The molecule has 0 atom stereocenters. The second-order valence-corrected chi connectivity index (χ2v) is 37.3. The molecule has 29 rings (SSSR count). The first-order valence-electron chi connectivity index (χ1n) is 49.5. The fraction of sp³-hybridized carbons (Fsp3) is 0. The van der Waals surface area contributed by atoms with Gasteiger partial charge in [-0.1, -0.05) is 394 Å². The standard InChI is InChI=1S/2C48H32N2.C42H28N2/c1-3-13-34(14-4-1)39-29-25-36(31-43(39)35-15-5-2-6-16-35)33-23-26-37(27-24-33)49-47-22-12-9-19-42(47)44-32-38(28-30-48(44)49)50-45-20-10-7-17-40(45)41-18-8-11-21-46(41)50;1-3-13-33(14-4-1)36-25-29-39(34-15-5-2-6-16-34)43(31-36)35-23-26-37(27-24-35)49-47-22-12-9-19-42(47)44-32-38(28-30-48(44)49)50-45-20-10-7-17-40(45)41-18-8-11-21-46(41)50;1-2-11-29(12-3-1)31-13-10-14-32(27-31)30-21-23-33(24-22-30)43-41-20-9-6-17-37(41)38-28-34(25-26-42(38)43)44-39-18-7-4-15-35(39)36-16-5-8-19-40(36)44/h2*1-32H;1-28H. The minimum Gasteiger partial charge on any atom is -0.309 e. The zero-order chi connectivity index (χ0) is 95.1. The van der Waals surface area contributed by atoms with E-state index in [0.29, 0.717) is 0 Å². The van der Waals surface area contributed by atoms with Crippen molar-refractivity contribution in [3.8, 4) is 123 Å². The Kier molecular flexibility index (Phi) is 20.9. The molecule has 0 N–H and O–H groups in total. The van der Waals surface area contributed by atoms with Crippen molar-refractivity contribution in [1.29, 1.82) is 0 Å². The van der Waals surface area contributed by atoms with E-state index in [-0.39, 0.29) is 0 Å². The van der Waals surface area contributed by atoms with Crippen molar-refractivity contribution in [2.75, 3.05) is 0 Å². The van der Waals surface area contributed by atoms with Gasteiger partial charge >= 0.3 is 0 Å². The monoisotopic (exact) mass is 1830 g/mol. The molecule has 23 aromatic carbocycles. The van der Waals surface area contributed by atoms with Crippen LogP contribution in [0.1, 0.15) is 0 Å². The number of fused-ring (bicyclic) bond motifs is 18. The van der Waals surface area contributed by atoms with E-state index in [1.165, 1.54) is 237 Å². The fourth-order valence-corrected chi connectivity index (χ4v) is 22.6. The number of aromatic nitrogens is 6. The van der Waals surface area contributed by atoms with Crippen molar-refractivity contribution in [2.24, 2.45) is 0 Å². The van der Waals surface area contributed by atoms with Gasteiger partial charge in [0.15, 0.2) is 0 Å². The highest BCUT2D eigenvalue weighted by atomic mass is 15.0. The molecule has 6 heteroatoms. The lowest BCUT2D eigenvalue weighted by Gasteiger charge is -2.15. The van der Waals surface area contributed by atoms with Gasteiger partial charge in [0.05, 0.1) is 66.2 Å². The van der Waals surface area contributed by atoms with Crippen LogP contribution in [-0.4, -0.2) is 27.4 Å². The minimum absolute atomic E-state index is 1.14. The largest absolute Gasteiger partial charge is 0.309 e. The SMILES string of the molecule is c1ccc(-c2ccc(-c3ccc(-n4c5ccccc5c5cc(-n6c7ccccc7c7ccccc76)ccc54)cc3)cc2-c2ccccc2)cc1.c1ccc(-c2ccc(-c3ccccc3)c(-c3ccc(-n4c5ccccc5c5cc(-n6c7ccccc7c7ccccc76)ccc54)cc3)c2)cc1.c1ccc(-c2cccc(-c3ccc(-n4c5ccccc5c5cc(-n6c7ccccc7c7ccccc76)ccc54)cc3)c2)cc1. The molecule has 6 nitrogen and oxygen atoms in total. The molecular formula is C138H92N6. The Bertz CT molecular complexity index is 9810. The van der Waals surface area contributed by atoms with Gasteiger partial charge in [-0.25, -0.2) is 0 Å². The molecule has 0 unspecified atom stereocenters. The highest BCUT2D eigenvalue weighted by Gasteiger charge is 2.24.